The molecule has 2 aromatic heterocycles. The number of hydrogen-bond acceptors (Lipinski definition) is 11. The number of H-pyrrole nitrogens is 2. The average Bonchev–Trinajstić information content (AvgIpc) is 4.21. The van der Waals surface area contributed by atoms with Crippen molar-refractivity contribution >= 4 is 69.1 Å². The Balaban J connectivity index is 1.20. The number of hydrogen-bond donors (Lipinski definition) is 11. The molecule has 71 heavy (non-hydrogen) atoms. The molecular formula is C50H69N11O10. The number of amides is 7. The molecule has 2 aliphatic heterocycles. The first-order valence-electron chi connectivity index (χ1n) is 24.6. The molecule has 0 radical (unpaired) electrons. The van der Waals surface area contributed by atoms with Crippen molar-refractivity contribution in [2.45, 2.75) is 133 Å². The number of para-hydroxylation sites is 2. The number of unbranched alkanes of at least 4 members (excludes halogenated alkanes) is 1. The Kier molecular flexibility index (Phi) is 18.7. The lowest BCUT2D eigenvalue weighted by molar-refractivity contribution is -0.149. The topological polar surface area (TPSA) is 327 Å². The summed E-state index contributed by atoms with van der Waals surface area (Å²) in [6.07, 6.45) is 6.54. The number of rotatable bonds is 24. The monoisotopic (exact) mass is 984 g/mol. The molecule has 2 aliphatic rings. The standard InChI is InChI=1S/C50H69N11O10/c1-4-28(2)42(59-46(66)40-18-11-21-60(40)48(68)34(52)27-62)47(67)56-37(17-9-10-20-51)44(64)55-29(3)43(63)57-38(23-30-25-53-35-15-7-5-13-32(30)35)45(65)58-39(49(69)61-22-12-19-41(61)50(70)71)24-31-26-54-36-16-8-6-14-33(31)36/h5-8,13-16,25-26,28-29,34,37-42,53-54,62H,4,9-12,17-24,27,51-52H2,1-3H3,(H,55,64)(H,56,67)(H,57,63)(H,58,65)(H,59,66)(H,70,71). The van der Waals surface area contributed by atoms with Gasteiger partial charge in [-0.05, 0) is 87.6 Å². The van der Waals surface area contributed by atoms with Crippen LogP contribution < -0.4 is 38.1 Å². The SMILES string of the molecule is CCC(C)C(NC(=O)C1CCCN1C(=O)C(N)CO)C(=O)NC(CCCCN)C(=O)NC(C)C(=O)NC(Cc1c[nH]c2ccccc12)C(=O)NC(Cc1c[nH]c2ccccc12)C(=O)N1CCCC1C(=O)O. The summed E-state index contributed by atoms with van der Waals surface area (Å²) < 4.78 is 0. The van der Waals surface area contributed by atoms with Gasteiger partial charge in [0.1, 0.15) is 48.3 Å². The molecule has 2 aromatic carbocycles. The molecule has 0 saturated carbocycles. The van der Waals surface area contributed by atoms with Gasteiger partial charge in [-0.1, -0.05) is 56.7 Å². The van der Waals surface area contributed by atoms with Gasteiger partial charge in [0.15, 0.2) is 0 Å². The number of nitrogens with one attached hydrogen (secondary N) is 7. The third kappa shape index (κ3) is 13.1. The first-order valence-corrected chi connectivity index (χ1v) is 24.6. The average molecular weight is 984 g/mol. The summed E-state index contributed by atoms with van der Waals surface area (Å²) in [5.74, 6) is -6.14. The highest BCUT2D eigenvalue weighted by molar-refractivity contribution is 5.98. The van der Waals surface area contributed by atoms with Gasteiger partial charge in [0, 0.05) is 60.1 Å². The molecule has 13 N–H and O–H groups in total. The van der Waals surface area contributed by atoms with Crippen molar-refractivity contribution in [2.75, 3.05) is 26.2 Å². The number of carbonyl (C=O) groups excluding carboxylic acids is 7. The fraction of sp³-hybridized carbons (Fsp3) is 0.520. The van der Waals surface area contributed by atoms with Crippen LogP contribution in [0.3, 0.4) is 0 Å². The Labute approximate surface area is 411 Å². The summed E-state index contributed by atoms with van der Waals surface area (Å²) in [5, 5.41) is 35.0. The molecule has 4 heterocycles. The Morgan fingerprint density at radius 1 is 0.690 bits per heavy atom. The molecule has 21 nitrogen and oxygen atoms in total. The maximum absolute atomic E-state index is 14.7. The molecule has 9 atom stereocenters. The highest BCUT2D eigenvalue weighted by atomic mass is 16.4. The second-order valence-electron chi connectivity index (χ2n) is 18.7. The molecule has 2 fully saturated rings. The Hall–Kier alpha value is -6.84. The third-order valence-corrected chi connectivity index (χ3v) is 13.7. The van der Waals surface area contributed by atoms with Gasteiger partial charge >= 0.3 is 5.97 Å². The van der Waals surface area contributed by atoms with Gasteiger partial charge in [-0.25, -0.2) is 4.79 Å². The van der Waals surface area contributed by atoms with E-state index < -0.39 is 108 Å². The minimum Gasteiger partial charge on any atom is -0.480 e. The van der Waals surface area contributed by atoms with Gasteiger partial charge in [0.25, 0.3) is 0 Å². The van der Waals surface area contributed by atoms with E-state index in [2.05, 4.69) is 36.6 Å². The fourth-order valence-corrected chi connectivity index (χ4v) is 9.45. The zero-order valence-corrected chi connectivity index (χ0v) is 40.6. The number of carboxylic acid groups (broad SMARTS) is 1. The molecule has 384 valence electrons. The van der Waals surface area contributed by atoms with Crippen LogP contribution in [0.1, 0.15) is 83.3 Å². The molecule has 21 heteroatoms. The van der Waals surface area contributed by atoms with Crippen LogP contribution in [0.25, 0.3) is 21.8 Å². The van der Waals surface area contributed by atoms with E-state index in [0.717, 1.165) is 21.8 Å². The van der Waals surface area contributed by atoms with Crippen molar-refractivity contribution in [1.82, 2.24) is 46.4 Å². The second kappa shape index (κ2) is 24.8. The highest BCUT2D eigenvalue weighted by Gasteiger charge is 2.41. The quantitative estimate of drug-likeness (QED) is 0.0427. The number of likely N-dealkylation sites (tertiary alicyclic amines) is 2. The summed E-state index contributed by atoms with van der Waals surface area (Å²) in [4.78, 5) is 119. The summed E-state index contributed by atoms with van der Waals surface area (Å²) in [6.45, 7) is 5.20. The first-order chi connectivity index (χ1) is 34.1. The van der Waals surface area contributed by atoms with Crippen molar-refractivity contribution in [3.63, 3.8) is 0 Å². The number of nitrogens with zero attached hydrogens (tertiary/aromatic N) is 2. The van der Waals surface area contributed by atoms with Gasteiger partial charge in [-0.3, -0.25) is 33.6 Å². The van der Waals surface area contributed by atoms with E-state index in [-0.39, 0.29) is 38.8 Å². The summed E-state index contributed by atoms with van der Waals surface area (Å²) in [6, 6.07) is 5.58. The fourth-order valence-electron chi connectivity index (χ4n) is 9.45. The molecular weight excluding hydrogens is 915 g/mol. The van der Waals surface area contributed by atoms with E-state index in [1.807, 2.05) is 55.5 Å². The molecule has 6 rings (SSSR count). The van der Waals surface area contributed by atoms with Crippen molar-refractivity contribution in [2.24, 2.45) is 17.4 Å². The molecule has 2 saturated heterocycles. The van der Waals surface area contributed by atoms with Crippen LogP contribution in [0.5, 0.6) is 0 Å². The number of aromatic amines is 2. The molecule has 9 unspecified atom stereocenters. The number of nitrogens with two attached hydrogens (primary N) is 2. The van der Waals surface area contributed by atoms with Crippen LogP contribution in [0.2, 0.25) is 0 Å². The summed E-state index contributed by atoms with van der Waals surface area (Å²) >= 11 is 0. The van der Waals surface area contributed by atoms with Crippen LogP contribution >= 0.6 is 0 Å². The lowest BCUT2D eigenvalue weighted by Crippen LogP contribution is -2.60. The van der Waals surface area contributed by atoms with E-state index in [1.165, 1.54) is 16.7 Å². The molecule has 0 bridgehead atoms. The number of carboxylic acids is 1. The smallest absolute Gasteiger partial charge is 0.326 e. The van der Waals surface area contributed by atoms with E-state index in [9.17, 15) is 48.6 Å². The van der Waals surface area contributed by atoms with E-state index in [0.29, 0.717) is 56.2 Å². The van der Waals surface area contributed by atoms with E-state index >= 15 is 0 Å². The maximum atomic E-state index is 14.7. The minimum atomic E-state index is -1.31. The van der Waals surface area contributed by atoms with Gasteiger partial charge in [-0.15, -0.1) is 0 Å². The zero-order valence-electron chi connectivity index (χ0n) is 40.6. The van der Waals surface area contributed by atoms with Crippen LogP contribution in [-0.2, 0) is 51.2 Å². The predicted octanol–water partition coefficient (Wildman–Crippen LogP) is 0.440. The first kappa shape index (κ1) is 53.5. The van der Waals surface area contributed by atoms with Crippen LogP contribution in [0, 0.1) is 5.92 Å². The molecule has 0 aliphatic carbocycles. The number of aromatic nitrogens is 2. The Bertz CT molecular complexity index is 2540. The zero-order chi connectivity index (χ0) is 51.4. The maximum Gasteiger partial charge on any atom is 0.326 e. The largest absolute Gasteiger partial charge is 0.480 e. The van der Waals surface area contributed by atoms with Crippen LogP contribution in [0.4, 0.5) is 0 Å². The van der Waals surface area contributed by atoms with E-state index in [1.54, 1.807) is 19.3 Å². The van der Waals surface area contributed by atoms with Crippen molar-refractivity contribution < 1.29 is 48.6 Å². The van der Waals surface area contributed by atoms with Gasteiger partial charge in [0.2, 0.25) is 41.4 Å². The number of benzene rings is 2. The Morgan fingerprint density at radius 3 is 1.80 bits per heavy atom. The van der Waals surface area contributed by atoms with Crippen molar-refractivity contribution in [1.29, 1.82) is 0 Å². The minimum absolute atomic E-state index is 0.00844. The molecule has 4 aromatic rings. The normalized spacial score (nSPS) is 18.7. The van der Waals surface area contributed by atoms with Gasteiger partial charge < -0.3 is 68.0 Å². The second-order valence-corrected chi connectivity index (χ2v) is 18.7. The van der Waals surface area contributed by atoms with Crippen molar-refractivity contribution in [3.05, 3.63) is 72.1 Å². The van der Waals surface area contributed by atoms with Crippen LogP contribution in [0.15, 0.2) is 60.9 Å². The molecule has 7 amide bonds. The summed E-state index contributed by atoms with van der Waals surface area (Å²) in [7, 11) is 0. The number of carbonyl (C=O) groups is 8. The lowest BCUT2D eigenvalue weighted by Gasteiger charge is -2.30. The molecule has 0 spiro atoms. The Morgan fingerprint density at radius 2 is 1.23 bits per heavy atom. The third-order valence-electron chi connectivity index (χ3n) is 13.7. The predicted molar refractivity (Wildman–Crippen MR) is 264 cm³/mol. The van der Waals surface area contributed by atoms with Crippen LogP contribution in [-0.4, -0.2) is 152 Å². The summed E-state index contributed by atoms with van der Waals surface area (Å²) in [5.41, 5.74) is 14.5. The van der Waals surface area contributed by atoms with Gasteiger partial charge in [-0.2, -0.15) is 0 Å². The van der Waals surface area contributed by atoms with Gasteiger partial charge in [0.05, 0.1) is 6.61 Å². The lowest BCUT2D eigenvalue weighted by atomic mass is 9.96. The number of aliphatic carboxylic acids is 1. The van der Waals surface area contributed by atoms with E-state index in [4.69, 9.17) is 11.5 Å². The number of fused-ring (bicyclic) bond motifs is 2. The highest BCUT2D eigenvalue weighted by Crippen LogP contribution is 2.25. The van der Waals surface area contributed by atoms with Crippen molar-refractivity contribution in [3.8, 4) is 0 Å². The number of aliphatic hydroxyl groups is 1. The number of aliphatic hydroxyl groups excluding tert-OH is 1.